The summed E-state index contributed by atoms with van der Waals surface area (Å²) in [6.07, 6.45) is 7.10. The molecule has 0 heteroatoms. The lowest BCUT2D eigenvalue weighted by Crippen LogP contribution is -2.10. The van der Waals surface area contributed by atoms with Gasteiger partial charge in [0.05, 0.1) is 0 Å². The van der Waals surface area contributed by atoms with Crippen LogP contribution in [0.2, 0.25) is 0 Å². The van der Waals surface area contributed by atoms with Gasteiger partial charge in [-0.15, -0.1) is 0 Å². The van der Waals surface area contributed by atoms with Crippen LogP contribution < -0.4 is 0 Å². The summed E-state index contributed by atoms with van der Waals surface area (Å²) in [6, 6.07) is 0. The minimum atomic E-state index is 0.990. The lowest BCUT2D eigenvalue weighted by Gasteiger charge is -2.22. The summed E-state index contributed by atoms with van der Waals surface area (Å²) in [4.78, 5) is 0. The number of fused-ring (bicyclic) bond motifs is 2. The molecule has 2 aliphatic rings. The van der Waals surface area contributed by atoms with Gasteiger partial charge in [0, 0.05) is 0 Å². The van der Waals surface area contributed by atoms with Gasteiger partial charge in [0.2, 0.25) is 0 Å². The Bertz CT molecular complexity index is 188. The molecule has 2 aliphatic carbocycles. The van der Waals surface area contributed by atoms with Crippen LogP contribution in [0.5, 0.6) is 0 Å². The van der Waals surface area contributed by atoms with Gasteiger partial charge in [0.25, 0.3) is 0 Å². The van der Waals surface area contributed by atoms with Gasteiger partial charge in [0.15, 0.2) is 0 Å². The van der Waals surface area contributed by atoms with Gasteiger partial charge in [-0.1, -0.05) is 25.0 Å². The second-order valence-corrected chi connectivity index (χ2v) is 4.00. The highest BCUT2D eigenvalue weighted by atomic mass is 14.4. The first-order valence-electron chi connectivity index (χ1n) is 5.07. The molecule has 2 rings (SSSR count). The molecule has 0 aromatic heterocycles. The Hall–Kier alpha value is -0.260. The Balaban J connectivity index is 2.24. The first kappa shape index (κ1) is 7.39. The molecule has 62 valence electrons. The Morgan fingerprint density at radius 1 is 1.36 bits per heavy atom. The summed E-state index contributed by atoms with van der Waals surface area (Å²) in [5.74, 6) is 2.05. The molecule has 1 fully saturated rings. The van der Waals surface area contributed by atoms with E-state index in [1.165, 1.54) is 32.1 Å². The highest BCUT2D eigenvalue weighted by Crippen LogP contribution is 2.50. The Kier molecular flexibility index (Phi) is 1.78. The monoisotopic (exact) mass is 150 g/mol. The third-order valence-corrected chi connectivity index (χ3v) is 3.62. The van der Waals surface area contributed by atoms with Crippen molar-refractivity contribution in [3.63, 3.8) is 0 Å². The second-order valence-electron chi connectivity index (χ2n) is 4.00. The lowest BCUT2D eigenvalue weighted by atomic mass is 9.83. The smallest absolute Gasteiger partial charge is 0.0172 e. The SMILES string of the molecule is CCC1=C2CCC(C2)C1CC. The van der Waals surface area contributed by atoms with E-state index in [4.69, 9.17) is 0 Å². The van der Waals surface area contributed by atoms with Crippen molar-refractivity contribution in [1.29, 1.82) is 0 Å². The van der Waals surface area contributed by atoms with Crippen LogP contribution in [0.25, 0.3) is 0 Å². The first-order chi connectivity index (χ1) is 5.36. The van der Waals surface area contributed by atoms with Gasteiger partial charge in [-0.2, -0.15) is 0 Å². The highest BCUT2D eigenvalue weighted by molar-refractivity contribution is 5.28. The van der Waals surface area contributed by atoms with Gasteiger partial charge in [-0.05, 0) is 43.9 Å². The van der Waals surface area contributed by atoms with E-state index >= 15 is 0 Å². The molecule has 0 spiro atoms. The van der Waals surface area contributed by atoms with E-state index in [-0.39, 0.29) is 0 Å². The van der Waals surface area contributed by atoms with Gasteiger partial charge in [-0.25, -0.2) is 0 Å². The van der Waals surface area contributed by atoms with Crippen LogP contribution in [-0.4, -0.2) is 0 Å². The number of rotatable bonds is 2. The summed E-state index contributed by atoms with van der Waals surface area (Å²) in [6.45, 7) is 4.67. The van der Waals surface area contributed by atoms with Crippen molar-refractivity contribution in [1.82, 2.24) is 0 Å². The van der Waals surface area contributed by atoms with Crippen molar-refractivity contribution in [2.45, 2.75) is 46.0 Å². The zero-order chi connectivity index (χ0) is 7.84. The fourth-order valence-corrected chi connectivity index (χ4v) is 3.15. The van der Waals surface area contributed by atoms with Crippen LogP contribution in [0.1, 0.15) is 46.0 Å². The molecule has 0 N–H and O–H groups in total. The number of hydrogen-bond donors (Lipinski definition) is 0. The van der Waals surface area contributed by atoms with Gasteiger partial charge >= 0.3 is 0 Å². The molecule has 0 amide bonds. The predicted octanol–water partition coefficient (Wildman–Crippen LogP) is 3.53. The molecule has 0 nitrogen and oxygen atoms in total. The maximum Gasteiger partial charge on any atom is -0.0172 e. The summed E-state index contributed by atoms with van der Waals surface area (Å²) < 4.78 is 0. The number of hydrogen-bond acceptors (Lipinski definition) is 0. The van der Waals surface area contributed by atoms with Crippen LogP contribution >= 0.6 is 0 Å². The molecule has 2 atom stereocenters. The van der Waals surface area contributed by atoms with Crippen molar-refractivity contribution >= 4 is 0 Å². The molecule has 0 heterocycles. The van der Waals surface area contributed by atoms with E-state index < -0.39 is 0 Å². The molecular formula is C11H18. The third kappa shape index (κ3) is 0.953. The number of allylic oxidation sites excluding steroid dienone is 2. The Morgan fingerprint density at radius 2 is 2.18 bits per heavy atom. The lowest BCUT2D eigenvalue weighted by molar-refractivity contribution is 0.388. The van der Waals surface area contributed by atoms with Crippen molar-refractivity contribution < 1.29 is 0 Å². The third-order valence-electron chi connectivity index (χ3n) is 3.62. The molecule has 0 aliphatic heterocycles. The molecule has 0 aromatic rings. The summed E-state index contributed by atoms with van der Waals surface area (Å²) in [5.41, 5.74) is 3.67. The molecular weight excluding hydrogens is 132 g/mol. The molecule has 0 radical (unpaired) electrons. The van der Waals surface area contributed by atoms with Crippen LogP contribution in [0.3, 0.4) is 0 Å². The topological polar surface area (TPSA) is 0 Å². The van der Waals surface area contributed by atoms with E-state index in [9.17, 15) is 0 Å². The summed E-state index contributed by atoms with van der Waals surface area (Å²) in [7, 11) is 0. The average molecular weight is 150 g/mol. The largest absolute Gasteiger partial charge is 0.0704 e. The van der Waals surface area contributed by atoms with Crippen LogP contribution in [-0.2, 0) is 0 Å². The Labute approximate surface area is 69.7 Å². The normalized spacial score (nSPS) is 35.5. The van der Waals surface area contributed by atoms with E-state index in [0.717, 1.165) is 11.8 Å². The minimum absolute atomic E-state index is 0.990. The van der Waals surface area contributed by atoms with Crippen molar-refractivity contribution in [3.8, 4) is 0 Å². The zero-order valence-corrected chi connectivity index (χ0v) is 7.69. The van der Waals surface area contributed by atoms with Crippen LogP contribution in [0.15, 0.2) is 11.1 Å². The summed E-state index contributed by atoms with van der Waals surface area (Å²) >= 11 is 0. The molecule has 0 aromatic carbocycles. The van der Waals surface area contributed by atoms with E-state index in [2.05, 4.69) is 13.8 Å². The fourth-order valence-electron chi connectivity index (χ4n) is 3.15. The maximum absolute atomic E-state index is 2.35. The highest BCUT2D eigenvalue weighted by Gasteiger charge is 2.36. The van der Waals surface area contributed by atoms with Crippen LogP contribution in [0.4, 0.5) is 0 Å². The second kappa shape index (κ2) is 2.66. The van der Waals surface area contributed by atoms with E-state index in [0.29, 0.717) is 0 Å². The Morgan fingerprint density at radius 3 is 2.73 bits per heavy atom. The summed E-state index contributed by atoms with van der Waals surface area (Å²) in [5, 5.41) is 0. The molecule has 0 saturated heterocycles. The van der Waals surface area contributed by atoms with Crippen LogP contribution in [0, 0.1) is 11.8 Å². The molecule has 11 heavy (non-hydrogen) atoms. The van der Waals surface area contributed by atoms with E-state index in [1.807, 2.05) is 11.1 Å². The van der Waals surface area contributed by atoms with Crippen molar-refractivity contribution in [2.75, 3.05) is 0 Å². The van der Waals surface area contributed by atoms with E-state index in [1.54, 1.807) is 0 Å². The van der Waals surface area contributed by atoms with Crippen molar-refractivity contribution in [3.05, 3.63) is 11.1 Å². The van der Waals surface area contributed by atoms with Gasteiger partial charge in [-0.3, -0.25) is 0 Å². The minimum Gasteiger partial charge on any atom is -0.0704 e. The van der Waals surface area contributed by atoms with Crippen molar-refractivity contribution in [2.24, 2.45) is 11.8 Å². The molecule has 2 unspecified atom stereocenters. The molecule has 2 bridgehead atoms. The first-order valence-corrected chi connectivity index (χ1v) is 5.07. The fraction of sp³-hybridized carbons (Fsp3) is 0.818. The molecule has 1 saturated carbocycles. The van der Waals surface area contributed by atoms with Gasteiger partial charge < -0.3 is 0 Å². The average Bonchev–Trinajstić information content (AvgIpc) is 2.60. The quantitative estimate of drug-likeness (QED) is 0.528. The standard InChI is InChI=1S/C11H18/c1-3-10-8-5-6-9(7-8)11(10)4-2/h8,10H,3-7H2,1-2H3. The predicted molar refractivity (Wildman–Crippen MR) is 48.4 cm³/mol. The zero-order valence-electron chi connectivity index (χ0n) is 7.69. The van der Waals surface area contributed by atoms with Gasteiger partial charge in [0.1, 0.15) is 0 Å². The maximum atomic E-state index is 2.35.